The summed E-state index contributed by atoms with van der Waals surface area (Å²) in [6.07, 6.45) is 41.5. The van der Waals surface area contributed by atoms with E-state index in [9.17, 15) is 14.4 Å². The van der Waals surface area contributed by atoms with Gasteiger partial charge in [0.15, 0.2) is 6.29 Å². The monoisotopic (exact) mass is 1020 g/mol. The van der Waals surface area contributed by atoms with E-state index in [-0.39, 0.29) is 40.6 Å². The molecule has 0 spiro atoms. The maximum absolute atomic E-state index is 13.3. The van der Waals surface area contributed by atoms with E-state index in [1.165, 1.54) is 64.2 Å². The molecule has 2 aliphatic rings. The Balaban J connectivity index is 0. The van der Waals surface area contributed by atoms with Gasteiger partial charge >= 0.3 is 17.9 Å². The molecule has 2 saturated carbocycles. The van der Waals surface area contributed by atoms with E-state index >= 15 is 0 Å². The van der Waals surface area contributed by atoms with Crippen molar-refractivity contribution >= 4 is 17.9 Å². The largest absolute Gasteiger partial charge is 0.465 e. The number of ether oxygens (including phenoxy) is 5. The number of rotatable bonds is 38. The van der Waals surface area contributed by atoms with E-state index in [1.807, 2.05) is 0 Å². The number of hydrogen-bond acceptors (Lipinski definition) is 9. The second-order valence-corrected chi connectivity index (χ2v) is 21.9. The van der Waals surface area contributed by atoms with E-state index in [4.69, 9.17) is 23.7 Å². The smallest absolute Gasteiger partial charge is 0.305 e. The highest BCUT2D eigenvalue weighted by Gasteiger charge is 2.55. The van der Waals surface area contributed by atoms with Crippen LogP contribution in [0.25, 0.3) is 0 Å². The lowest BCUT2D eigenvalue weighted by Gasteiger charge is -2.57. The summed E-state index contributed by atoms with van der Waals surface area (Å²) in [4.78, 5) is 41.5. The number of hydrogen-bond donors (Lipinski definition) is 0. The third-order valence-corrected chi connectivity index (χ3v) is 13.5. The van der Waals surface area contributed by atoms with Gasteiger partial charge in [-0.05, 0) is 109 Å². The number of esters is 3. The molecule has 0 aromatic heterocycles. The topological polar surface area (TPSA) is 101 Å². The summed E-state index contributed by atoms with van der Waals surface area (Å²) >= 11 is 0. The normalized spacial score (nSPS) is 20.8. The maximum Gasteiger partial charge on any atom is 0.305 e. The van der Waals surface area contributed by atoms with Gasteiger partial charge < -0.3 is 28.6 Å². The first kappa shape index (κ1) is 71.6. The number of nitrogens with zero attached hydrogens (tertiary/aromatic N) is 1. The Kier molecular flexibility index (Phi) is 47.9. The molecule has 0 aliphatic heterocycles. The third kappa shape index (κ3) is 39.9. The summed E-state index contributed by atoms with van der Waals surface area (Å²) < 4.78 is 29.6. The van der Waals surface area contributed by atoms with Crippen molar-refractivity contribution in [2.45, 2.75) is 276 Å². The molecule has 9 heteroatoms. The fourth-order valence-corrected chi connectivity index (χ4v) is 10.2. The summed E-state index contributed by atoms with van der Waals surface area (Å²) in [5, 5.41) is 0. The molecule has 424 valence electrons. The summed E-state index contributed by atoms with van der Waals surface area (Å²) in [6, 6.07) is 0. The quantitative estimate of drug-likeness (QED) is 0.0197. The molecular weight excluding hydrogens is 899 g/mol. The van der Waals surface area contributed by atoms with Crippen LogP contribution in [0.5, 0.6) is 0 Å². The van der Waals surface area contributed by atoms with Gasteiger partial charge in [0, 0.05) is 49.2 Å². The first-order valence-electron chi connectivity index (χ1n) is 30.0. The molecule has 72 heavy (non-hydrogen) atoms. The minimum Gasteiger partial charge on any atom is -0.465 e. The summed E-state index contributed by atoms with van der Waals surface area (Å²) in [5.41, 5.74) is -0.754. The molecule has 0 amide bonds. The summed E-state index contributed by atoms with van der Waals surface area (Å²) in [5.74, 6) is -0.158. The van der Waals surface area contributed by atoms with Gasteiger partial charge in [0.2, 0.25) is 0 Å². The Labute approximate surface area is 446 Å². The van der Waals surface area contributed by atoms with Crippen molar-refractivity contribution in [2.75, 3.05) is 53.2 Å². The minimum absolute atomic E-state index is 0.118. The average Bonchev–Trinajstić information content (AvgIpc) is 3.35. The van der Waals surface area contributed by atoms with Gasteiger partial charge in [-0.3, -0.25) is 14.4 Å². The van der Waals surface area contributed by atoms with Crippen molar-refractivity contribution in [2.24, 2.45) is 22.2 Å². The van der Waals surface area contributed by atoms with Crippen LogP contribution in [0.4, 0.5) is 0 Å². The van der Waals surface area contributed by atoms with Gasteiger partial charge in [0.1, 0.15) is 0 Å². The number of allylic oxidation sites excluding steroid dienone is 6. The molecule has 0 aromatic rings. The molecule has 5 atom stereocenters. The molecule has 0 heterocycles. The average molecular weight is 1020 g/mol. The van der Waals surface area contributed by atoms with Crippen molar-refractivity contribution in [3.63, 3.8) is 0 Å². The van der Waals surface area contributed by atoms with Crippen molar-refractivity contribution < 1.29 is 38.1 Å². The fraction of sp³-hybridized carbons (Fsp3) is 0.857. The lowest BCUT2D eigenvalue weighted by atomic mass is 9.49. The zero-order valence-corrected chi connectivity index (χ0v) is 49.8. The summed E-state index contributed by atoms with van der Waals surface area (Å²) in [7, 11) is 1.63. The highest BCUT2D eigenvalue weighted by atomic mass is 16.7. The number of carbonyl (C=O) groups excluding carboxylic acids is 3. The predicted octanol–water partition coefficient (Wildman–Crippen LogP) is 17.7. The molecule has 2 aliphatic carbocycles. The Morgan fingerprint density at radius 1 is 0.542 bits per heavy atom. The van der Waals surface area contributed by atoms with Crippen molar-refractivity contribution in [1.29, 1.82) is 0 Å². The third-order valence-electron chi connectivity index (χ3n) is 13.5. The molecule has 5 unspecified atom stereocenters. The number of fused-ring (bicyclic) bond motifs is 2. The zero-order valence-electron chi connectivity index (χ0n) is 49.8. The molecule has 0 radical (unpaired) electrons. The first-order valence-corrected chi connectivity index (χ1v) is 30.0. The molecule has 9 nitrogen and oxygen atoms in total. The SMILES string of the molecule is CC/C=C\C/C=C\C/C=C\CCCCCCCC(=O)OCC1(C)CC2CC(C)(COC(=O)CCCN(CC)CC)CC(COC(=O)CCC(OC)OCCCCCCCC)(C2)C1.CCC.CCC.CCCC. The van der Waals surface area contributed by atoms with E-state index in [1.54, 1.807) is 7.11 Å². The molecule has 0 saturated heterocycles. The first-order chi connectivity index (χ1) is 34.7. The molecular formula is C63H119NO8. The van der Waals surface area contributed by atoms with Gasteiger partial charge in [-0.1, -0.05) is 197 Å². The van der Waals surface area contributed by atoms with Crippen LogP contribution in [0.1, 0.15) is 269 Å². The second-order valence-electron chi connectivity index (χ2n) is 21.9. The number of carbonyl (C=O) groups is 3. The van der Waals surface area contributed by atoms with E-state index in [2.05, 4.69) is 124 Å². The Bertz CT molecular complexity index is 1360. The molecule has 2 rings (SSSR count). The van der Waals surface area contributed by atoms with Crippen molar-refractivity contribution in [1.82, 2.24) is 4.90 Å². The molecule has 2 bridgehead atoms. The summed E-state index contributed by atoms with van der Waals surface area (Å²) in [6.45, 7) is 30.5. The Hall–Kier alpha value is -2.49. The van der Waals surface area contributed by atoms with Crippen LogP contribution in [0.15, 0.2) is 36.5 Å². The van der Waals surface area contributed by atoms with Crippen LogP contribution in [0.2, 0.25) is 0 Å². The van der Waals surface area contributed by atoms with Crippen molar-refractivity contribution in [3.05, 3.63) is 36.5 Å². The highest BCUT2D eigenvalue weighted by Crippen LogP contribution is 2.60. The van der Waals surface area contributed by atoms with Crippen LogP contribution in [0.3, 0.4) is 0 Å². The van der Waals surface area contributed by atoms with Gasteiger partial charge in [-0.25, -0.2) is 0 Å². The van der Waals surface area contributed by atoms with Gasteiger partial charge in [-0.15, -0.1) is 0 Å². The zero-order chi connectivity index (χ0) is 54.2. The van der Waals surface area contributed by atoms with Gasteiger partial charge in [-0.2, -0.15) is 0 Å². The van der Waals surface area contributed by atoms with Crippen LogP contribution in [0, 0.1) is 22.2 Å². The van der Waals surface area contributed by atoms with Crippen LogP contribution in [-0.4, -0.2) is 82.3 Å². The highest BCUT2D eigenvalue weighted by molar-refractivity contribution is 5.70. The van der Waals surface area contributed by atoms with Crippen LogP contribution in [-0.2, 0) is 38.1 Å². The molecule has 0 N–H and O–H groups in total. The van der Waals surface area contributed by atoms with Gasteiger partial charge in [0.25, 0.3) is 0 Å². The van der Waals surface area contributed by atoms with Crippen molar-refractivity contribution in [3.8, 4) is 0 Å². The standard InChI is InChI=1S/C53H93NO8.C4H10.2C3H8/c1-8-12-14-16-18-19-20-21-22-23-24-25-26-27-29-32-47(55)60-43-51(5)38-46-39-52(6,44-61-48(56)33-31-36-54(10-3)11-4)42-53(40-46,41-51)45-62-49(57)34-35-50(58-7)59-37-30-28-17-15-13-9-2;1-3-4-2;2*1-3-2/h12,14,18-19,21-22,46,50H,8-11,13,15-17,20,23-45H2,1-7H3;3-4H2,1-2H3;2*3H2,1-2H3/b14-12-,19-18-,22-21-;;;. The van der Waals surface area contributed by atoms with E-state index in [0.29, 0.717) is 51.6 Å². The Morgan fingerprint density at radius 2 is 1.01 bits per heavy atom. The number of unbranched alkanes of at least 4 members (excludes halogenated alkanes) is 11. The minimum atomic E-state index is -0.434. The van der Waals surface area contributed by atoms with E-state index in [0.717, 1.165) is 116 Å². The predicted molar refractivity (Wildman–Crippen MR) is 306 cm³/mol. The van der Waals surface area contributed by atoms with Crippen LogP contribution < -0.4 is 0 Å². The lowest BCUT2D eigenvalue weighted by Crippen LogP contribution is -2.52. The fourth-order valence-electron chi connectivity index (χ4n) is 10.2. The molecule has 0 aromatic carbocycles. The second kappa shape index (κ2) is 48.2. The van der Waals surface area contributed by atoms with E-state index < -0.39 is 6.29 Å². The maximum atomic E-state index is 13.3. The molecule has 2 fully saturated rings. The van der Waals surface area contributed by atoms with Crippen LogP contribution >= 0.6 is 0 Å². The Morgan fingerprint density at radius 3 is 1.54 bits per heavy atom. The van der Waals surface area contributed by atoms with Gasteiger partial charge in [0.05, 0.1) is 26.2 Å². The number of methoxy groups -OCH3 is 1. The lowest BCUT2D eigenvalue weighted by molar-refractivity contribution is -0.171.